The van der Waals surface area contributed by atoms with Crippen LogP contribution in [0.25, 0.3) is 0 Å². The van der Waals surface area contributed by atoms with Gasteiger partial charge in [0, 0.05) is 0 Å². The fraction of sp³-hybridized carbons (Fsp3) is 0.600. The van der Waals surface area contributed by atoms with Gasteiger partial charge in [-0.25, -0.2) is 0 Å². The van der Waals surface area contributed by atoms with Crippen LogP contribution < -0.4 is 5.73 Å². The van der Waals surface area contributed by atoms with Crippen LogP contribution in [-0.2, 0) is 14.3 Å². The third-order valence-electron chi connectivity index (χ3n) is 0.603. The van der Waals surface area contributed by atoms with Crippen molar-refractivity contribution in [2.75, 3.05) is 13.2 Å². The van der Waals surface area contributed by atoms with Crippen LogP contribution in [0.1, 0.15) is 6.92 Å². The number of hydrogen-bond donors (Lipinski definition) is 1. The maximum atomic E-state index is 10.2. The number of esters is 1. The minimum atomic E-state index is -0.551. The Morgan fingerprint density at radius 3 is 2.44 bits per heavy atom. The van der Waals surface area contributed by atoms with E-state index in [4.69, 9.17) is 5.73 Å². The molecule has 0 aliphatic heterocycles. The first-order valence-corrected chi connectivity index (χ1v) is 2.52. The molecule has 0 radical (unpaired) electrons. The average Bonchev–Trinajstić information content (AvgIpc) is 1.83. The van der Waals surface area contributed by atoms with Crippen LogP contribution in [0.2, 0.25) is 0 Å². The van der Waals surface area contributed by atoms with Gasteiger partial charge >= 0.3 is 5.97 Å². The van der Waals surface area contributed by atoms with Crippen LogP contribution in [0.3, 0.4) is 0 Å². The van der Waals surface area contributed by atoms with E-state index >= 15 is 0 Å². The number of ketones is 1. The average molecular weight is 131 g/mol. The van der Waals surface area contributed by atoms with Gasteiger partial charge in [0.2, 0.25) is 0 Å². The third-order valence-corrected chi connectivity index (χ3v) is 0.603. The number of Topliss-reactive ketones (excluding diaryl/α,β-unsaturated/α-hetero) is 1. The summed E-state index contributed by atoms with van der Waals surface area (Å²) in [7, 11) is 0. The van der Waals surface area contributed by atoms with E-state index < -0.39 is 5.97 Å². The molecule has 0 unspecified atom stereocenters. The zero-order valence-electron chi connectivity index (χ0n) is 5.22. The molecule has 2 N–H and O–H groups in total. The summed E-state index contributed by atoms with van der Waals surface area (Å²) >= 11 is 0. The van der Waals surface area contributed by atoms with Crippen molar-refractivity contribution >= 4 is 11.8 Å². The summed E-state index contributed by atoms with van der Waals surface area (Å²) in [6.45, 7) is 0.993. The highest BCUT2D eigenvalue weighted by Gasteiger charge is 1.98. The molecule has 0 saturated carbocycles. The van der Waals surface area contributed by atoms with Crippen molar-refractivity contribution in [3.05, 3.63) is 0 Å². The lowest BCUT2D eigenvalue weighted by atomic mass is 10.5. The van der Waals surface area contributed by atoms with Crippen LogP contribution in [0, 0.1) is 0 Å². The van der Waals surface area contributed by atoms with E-state index in [0.717, 1.165) is 0 Å². The Balaban J connectivity index is 3.28. The minimum absolute atomic E-state index is 0.171. The quantitative estimate of drug-likeness (QED) is 0.503. The summed E-state index contributed by atoms with van der Waals surface area (Å²) in [4.78, 5) is 20.4. The number of carbonyl (C=O) groups excluding carboxylic acids is 2. The number of carbonyl (C=O) groups is 2. The van der Waals surface area contributed by atoms with E-state index in [1.54, 1.807) is 0 Å². The molecule has 0 atom stereocenters. The van der Waals surface area contributed by atoms with Crippen molar-refractivity contribution in [2.24, 2.45) is 5.73 Å². The van der Waals surface area contributed by atoms with Crippen molar-refractivity contribution in [1.82, 2.24) is 0 Å². The van der Waals surface area contributed by atoms with Gasteiger partial charge in [-0.1, -0.05) is 0 Å². The van der Waals surface area contributed by atoms with E-state index in [1.165, 1.54) is 6.92 Å². The van der Waals surface area contributed by atoms with Crippen LogP contribution in [-0.4, -0.2) is 24.9 Å². The molecule has 0 fully saturated rings. The lowest BCUT2D eigenvalue weighted by Gasteiger charge is -1.96. The largest absolute Gasteiger partial charge is 0.457 e. The standard InChI is InChI=1S/C5H9NO3/c1-4(7)3-9-5(8)2-6/h2-3,6H2,1H3. The molecule has 0 rings (SSSR count). The van der Waals surface area contributed by atoms with Gasteiger partial charge in [0.25, 0.3) is 0 Å². The summed E-state index contributed by atoms with van der Waals surface area (Å²) in [5, 5.41) is 0. The Morgan fingerprint density at radius 2 is 2.11 bits per heavy atom. The molecule has 0 spiro atoms. The first kappa shape index (κ1) is 8.10. The predicted molar refractivity (Wildman–Crippen MR) is 30.7 cm³/mol. The number of ether oxygens (including phenoxy) is 1. The van der Waals surface area contributed by atoms with Gasteiger partial charge in [-0.15, -0.1) is 0 Å². The molecule has 4 nitrogen and oxygen atoms in total. The maximum absolute atomic E-state index is 10.2. The molecule has 0 aromatic carbocycles. The molecular formula is C5H9NO3. The Kier molecular flexibility index (Phi) is 3.62. The topological polar surface area (TPSA) is 69.4 Å². The second-order valence-corrected chi connectivity index (χ2v) is 1.57. The first-order chi connectivity index (χ1) is 4.16. The van der Waals surface area contributed by atoms with E-state index in [2.05, 4.69) is 4.74 Å². The van der Waals surface area contributed by atoms with Crippen LogP contribution >= 0.6 is 0 Å². The number of hydrogen-bond acceptors (Lipinski definition) is 4. The summed E-state index contributed by atoms with van der Waals surface area (Å²) in [6, 6.07) is 0. The normalized spacial score (nSPS) is 8.67. The van der Waals surface area contributed by atoms with Gasteiger partial charge in [-0.2, -0.15) is 0 Å². The SMILES string of the molecule is CC(=O)COC(=O)CN. The second kappa shape index (κ2) is 4.03. The van der Waals surface area contributed by atoms with E-state index in [9.17, 15) is 9.59 Å². The van der Waals surface area contributed by atoms with E-state index in [-0.39, 0.29) is 18.9 Å². The lowest BCUT2D eigenvalue weighted by molar-refractivity contribution is -0.145. The molecule has 0 amide bonds. The molecule has 0 aromatic rings. The Hall–Kier alpha value is -0.900. The highest BCUT2D eigenvalue weighted by Crippen LogP contribution is 1.75. The number of rotatable bonds is 3. The van der Waals surface area contributed by atoms with Gasteiger partial charge in [0.1, 0.15) is 6.61 Å². The summed E-state index contributed by atoms with van der Waals surface area (Å²) in [5.41, 5.74) is 4.87. The number of nitrogens with two attached hydrogens (primary N) is 1. The van der Waals surface area contributed by atoms with Crippen molar-refractivity contribution in [1.29, 1.82) is 0 Å². The molecule has 0 aliphatic rings. The first-order valence-electron chi connectivity index (χ1n) is 2.52. The highest BCUT2D eigenvalue weighted by molar-refractivity contribution is 5.80. The van der Waals surface area contributed by atoms with Crippen LogP contribution in [0.15, 0.2) is 0 Å². The Bertz CT molecular complexity index is 121. The smallest absolute Gasteiger partial charge is 0.320 e. The zero-order chi connectivity index (χ0) is 7.28. The lowest BCUT2D eigenvalue weighted by Crippen LogP contribution is -2.19. The van der Waals surface area contributed by atoms with Crippen molar-refractivity contribution in [3.8, 4) is 0 Å². The van der Waals surface area contributed by atoms with E-state index in [0.29, 0.717) is 0 Å². The highest BCUT2D eigenvalue weighted by atomic mass is 16.5. The Labute approximate surface area is 53.0 Å². The monoisotopic (exact) mass is 131 g/mol. The van der Waals surface area contributed by atoms with Gasteiger partial charge in [0.15, 0.2) is 5.78 Å². The van der Waals surface area contributed by atoms with Gasteiger partial charge in [-0.3, -0.25) is 9.59 Å². The molecule has 52 valence electrons. The van der Waals surface area contributed by atoms with Gasteiger partial charge in [-0.05, 0) is 6.92 Å². The summed E-state index contributed by atoms with van der Waals surface area (Å²) in [6.07, 6.45) is 0. The predicted octanol–water partition coefficient (Wildman–Crippen LogP) is -0.923. The minimum Gasteiger partial charge on any atom is -0.457 e. The zero-order valence-corrected chi connectivity index (χ0v) is 5.22. The van der Waals surface area contributed by atoms with Gasteiger partial charge < -0.3 is 10.5 Å². The molecule has 0 bridgehead atoms. The fourth-order valence-corrected chi connectivity index (χ4v) is 0.241. The third kappa shape index (κ3) is 4.96. The fourth-order valence-electron chi connectivity index (χ4n) is 0.241. The molecule has 9 heavy (non-hydrogen) atoms. The van der Waals surface area contributed by atoms with Crippen LogP contribution in [0.5, 0.6) is 0 Å². The van der Waals surface area contributed by atoms with Crippen LogP contribution in [0.4, 0.5) is 0 Å². The van der Waals surface area contributed by atoms with E-state index in [1.807, 2.05) is 0 Å². The van der Waals surface area contributed by atoms with Gasteiger partial charge in [0.05, 0.1) is 6.54 Å². The molecule has 0 heterocycles. The van der Waals surface area contributed by atoms with Crippen molar-refractivity contribution in [2.45, 2.75) is 6.92 Å². The second-order valence-electron chi connectivity index (χ2n) is 1.57. The molecule has 0 aromatic heterocycles. The van der Waals surface area contributed by atoms with Crippen molar-refractivity contribution in [3.63, 3.8) is 0 Å². The Morgan fingerprint density at radius 1 is 1.56 bits per heavy atom. The molecule has 4 heteroatoms. The van der Waals surface area contributed by atoms with Crippen molar-refractivity contribution < 1.29 is 14.3 Å². The molecule has 0 saturated heterocycles. The summed E-state index contributed by atoms with van der Waals surface area (Å²) < 4.78 is 4.34. The summed E-state index contributed by atoms with van der Waals surface area (Å²) in [5.74, 6) is -0.734. The molecular weight excluding hydrogens is 122 g/mol. The maximum Gasteiger partial charge on any atom is 0.320 e. The molecule has 0 aliphatic carbocycles.